The van der Waals surface area contributed by atoms with Gasteiger partial charge in [-0.25, -0.2) is 19.3 Å². The number of para-hydroxylation sites is 1. The van der Waals surface area contributed by atoms with E-state index in [2.05, 4.69) is 15.0 Å². The fraction of sp³-hybridized carbons (Fsp3) is 0.143. The third-order valence-electron chi connectivity index (χ3n) is 4.67. The van der Waals surface area contributed by atoms with Crippen LogP contribution in [0, 0.1) is 6.92 Å². The number of primary amides is 1. The number of amides is 1. The highest BCUT2D eigenvalue weighted by molar-refractivity contribution is 6.02. The van der Waals surface area contributed by atoms with E-state index < -0.39 is 11.6 Å². The van der Waals surface area contributed by atoms with Crippen LogP contribution in [0.25, 0.3) is 28.2 Å². The Hall–Kier alpha value is -4.14. The van der Waals surface area contributed by atoms with Crippen molar-refractivity contribution < 1.29 is 14.3 Å². The summed E-state index contributed by atoms with van der Waals surface area (Å²) < 4.78 is 12.2. The molecule has 9 heteroatoms. The van der Waals surface area contributed by atoms with Crippen molar-refractivity contribution in [1.82, 2.24) is 19.5 Å². The Labute approximate surface area is 171 Å². The number of hydrogen-bond donors (Lipinski definition) is 2. The molecule has 0 atom stereocenters. The molecule has 0 aliphatic carbocycles. The summed E-state index contributed by atoms with van der Waals surface area (Å²) in [6.45, 7) is 1.92. The van der Waals surface area contributed by atoms with Gasteiger partial charge in [0.1, 0.15) is 5.52 Å². The molecule has 1 amide bonds. The zero-order chi connectivity index (χ0) is 21.4. The number of imidazole rings is 1. The van der Waals surface area contributed by atoms with Crippen LogP contribution in [-0.2, 0) is 0 Å². The van der Waals surface area contributed by atoms with Gasteiger partial charge in [0, 0.05) is 0 Å². The lowest BCUT2D eigenvalue weighted by molar-refractivity contribution is 0.0997. The van der Waals surface area contributed by atoms with Gasteiger partial charge in [-0.05, 0) is 36.8 Å². The number of nitrogens with two attached hydrogens (primary N) is 1. The normalized spacial score (nSPS) is 10.9. The number of nitrogens with zero attached hydrogens (tertiary/aromatic N) is 3. The summed E-state index contributed by atoms with van der Waals surface area (Å²) in [7, 11) is 3.01. The van der Waals surface area contributed by atoms with E-state index in [1.54, 1.807) is 24.3 Å². The van der Waals surface area contributed by atoms with Gasteiger partial charge in [-0.3, -0.25) is 4.79 Å². The molecule has 3 N–H and O–H groups in total. The van der Waals surface area contributed by atoms with E-state index in [1.807, 2.05) is 25.1 Å². The van der Waals surface area contributed by atoms with E-state index >= 15 is 0 Å². The Kier molecular flexibility index (Phi) is 4.71. The number of aromatic nitrogens is 4. The summed E-state index contributed by atoms with van der Waals surface area (Å²) in [6, 6.07) is 12.6. The van der Waals surface area contributed by atoms with Gasteiger partial charge in [-0.15, -0.1) is 0 Å². The first-order valence-corrected chi connectivity index (χ1v) is 9.05. The summed E-state index contributed by atoms with van der Waals surface area (Å²) in [5.74, 6) is 0.259. The number of fused-ring (bicyclic) bond motifs is 1. The van der Waals surface area contributed by atoms with Gasteiger partial charge in [0.05, 0.1) is 25.5 Å². The highest BCUT2D eigenvalue weighted by Gasteiger charge is 2.22. The number of nitrogens with one attached hydrogen (secondary N) is 1. The lowest BCUT2D eigenvalue weighted by Gasteiger charge is -2.12. The number of aromatic amines is 1. The number of rotatable bonds is 5. The zero-order valence-electron chi connectivity index (χ0n) is 16.6. The number of carbonyl (C=O) groups excluding carboxylic acids is 1. The molecule has 0 bridgehead atoms. The van der Waals surface area contributed by atoms with Crippen molar-refractivity contribution in [3.8, 4) is 28.6 Å². The number of aryl methyl sites for hydroxylation is 1. The summed E-state index contributed by atoms with van der Waals surface area (Å²) in [5.41, 5.74) is 7.46. The molecule has 0 fully saturated rings. The summed E-state index contributed by atoms with van der Waals surface area (Å²) in [4.78, 5) is 36.4. The van der Waals surface area contributed by atoms with Crippen LogP contribution in [0.1, 0.15) is 16.1 Å². The maximum absolute atomic E-state index is 12.7. The smallest absolute Gasteiger partial charge is 0.332 e. The van der Waals surface area contributed by atoms with Crippen molar-refractivity contribution in [3.63, 3.8) is 0 Å². The van der Waals surface area contributed by atoms with Crippen LogP contribution in [-0.4, -0.2) is 39.6 Å². The minimum Gasteiger partial charge on any atom is -0.493 e. The average Bonchev–Trinajstić information content (AvgIpc) is 3.07. The third-order valence-corrected chi connectivity index (χ3v) is 4.67. The fourth-order valence-electron chi connectivity index (χ4n) is 3.35. The molecule has 4 rings (SSSR count). The molecule has 152 valence electrons. The van der Waals surface area contributed by atoms with Crippen molar-refractivity contribution in [3.05, 3.63) is 64.2 Å². The molecule has 9 nitrogen and oxygen atoms in total. The minimum atomic E-state index is -0.789. The van der Waals surface area contributed by atoms with Crippen LogP contribution in [0.5, 0.6) is 11.5 Å². The van der Waals surface area contributed by atoms with E-state index in [0.717, 1.165) is 5.56 Å². The second-order valence-corrected chi connectivity index (χ2v) is 6.60. The van der Waals surface area contributed by atoms with Gasteiger partial charge in [0.15, 0.2) is 28.7 Å². The van der Waals surface area contributed by atoms with Gasteiger partial charge >= 0.3 is 5.69 Å². The average molecular weight is 405 g/mol. The number of ether oxygens (including phenoxy) is 2. The van der Waals surface area contributed by atoms with Crippen LogP contribution in [0.15, 0.2) is 47.3 Å². The van der Waals surface area contributed by atoms with Crippen molar-refractivity contribution in [2.45, 2.75) is 6.92 Å². The van der Waals surface area contributed by atoms with Gasteiger partial charge in [-0.2, -0.15) is 0 Å². The van der Waals surface area contributed by atoms with Gasteiger partial charge in [0.2, 0.25) is 0 Å². The van der Waals surface area contributed by atoms with Crippen LogP contribution in [0.2, 0.25) is 0 Å². The first-order valence-electron chi connectivity index (χ1n) is 9.05. The van der Waals surface area contributed by atoms with E-state index in [-0.39, 0.29) is 22.7 Å². The maximum Gasteiger partial charge on any atom is 0.332 e. The molecule has 0 spiro atoms. The quantitative estimate of drug-likeness (QED) is 0.524. The first kappa shape index (κ1) is 19.2. The van der Waals surface area contributed by atoms with Crippen LogP contribution in [0.3, 0.4) is 0 Å². The van der Waals surface area contributed by atoms with Crippen molar-refractivity contribution in [1.29, 1.82) is 0 Å². The van der Waals surface area contributed by atoms with E-state index in [9.17, 15) is 9.59 Å². The van der Waals surface area contributed by atoms with Gasteiger partial charge < -0.3 is 20.2 Å². The van der Waals surface area contributed by atoms with E-state index in [4.69, 9.17) is 15.2 Å². The molecule has 0 saturated heterocycles. The molecule has 0 unspecified atom stereocenters. The Morgan fingerprint density at radius 1 is 1.10 bits per heavy atom. The van der Waals surface area contributed by atoms with Gasteiger partial charge in [0.25, 0.3) is 5.91 Å². The predicted octanol–water partition coefficient (Wildman–Crippen LogP) is 2.20. The molecule has 0 aliphatic heterocycles. The standard InChI is InChI=1S/C21H19N5O4/c1-11-6-4-7-12(10-11)26-20-16(24-21(26)28)15(18(22)27)23-19(25-20)13-8-5-9-14(29-2)17(13)30-3/h4-10H,1-3H3,(H2,22,27)(H,24,28). The molecule has 2 heterocycles. The fourth-order valence-corrected chi connectivity index (χ4v) is 3.35. The molecule has 2 aromatic carbocycles. The third kappa shape index (κ3) is 3.06. The largest absolute Gasteiger partial charge is 0.493 e. The Morgan fingerprint density at radius 2 is 1.87 bits per heavy atom. The number of carbonyl (C=O) groups is 1. The number of methoxy groups -OCH3 is 2. The highest BCUT2D eigenvalue weighted by Crippen LogP contribution is 2.37. The molecule has 2 aromatic heterocycles. The molecule has 0 radical (unpaired) electrons. The lowest BCUT2D eigenvalue weighted by Crippen LogP contribution is -2.15. The predicted molar refractivity (Wildman–Crippen MR) is 111 cm³/mol. The topological polar surface area (TPSA) is 125 Å². The second-order valence-electron chi connectivity index (χ2n) is 6.60. The Balaban J connectivity index is 2.08. The Bertz CT molecular complexity index is 1340. The van der Waals surface area contributed by atoms with Crippen LogP contribution in [0.4, 0.5) is 0 Å². The lowest BCUT2D eigenvalue weighted by atomic mass is 10.1. The maximum atomic E-state index is 12.7. The van der Waals surface area contributed by atoms with E-state index in [0.29, 0.717) is 22.7 Å². The number of hydrogen-bond acceptors (Lipinski definition) is 6. The molecule has 0 saturated carbocycles. The van der Waals surface area contributed by atoms with E-state index in [1.165, 1.54) is 18.8 Å². The van der Waals surface area contributed by atoms with Crippen molar-refractivity contribution >= 4 is 17.1 Å². The molecular formula is C21H19N5O4. The summed E-state index contributed by atoms with van der Waals surface area (Å²) in [5, 5.41) is 0. The number of benzene rings is 2. The molecule has 0 aliphatic rings. The van der Waals surface area contributed by atoms with Gasteiger partial charge in [-0.1, -0.05) is 18.2 Å². The first-order chi connectivity index (χ1) is 14.4. The molecule has 4 aromatic rings. The van der Waals surface area contributed by atoms with Crippen molar-refractivity contribution in [2.75, 3.05) is 14.2 Å². The summed E-state index contributed by atoms with van der Waals surface area (Å²) >= 11 is 0. The minimum absolute atomic E-state index is 0.0941. The van der Waals surface area contributed by atoms with Crippen LogP contribution >= 0.6 is 0 Å². The Morgan fingerprint density at radius 3 is 2.53 bits per heavy atom. The SMILES string of the molecule is COc1cccc(-c2nc(C(N)=O)c3[nH]c(=O)n(-c4cccc(C)c4)c3n2)c1OC. The highest BCUT2D eigenvalue weighted by atomic mass is 16.5. The molecular weight excluding hydrogens is 386 g/mol. The monoisotopic (exact) mass is 405 g/mol. The second kappa shape index (κ2) is 7.36. The molecule has 30 heavy (non-hydrogen) atoms. The zero-order valence-corrected chi connectivity index (χ0v) is 16.6. The summed E-state index contributed by atoms with van der Waals surface area (Å²) in [6.07, 6.45) is 0. The van der Waals surface area contributed by atoms with Crippen molar-refractivity contribution in [2.24, 2.45) is 5.73 Å². The van der Waals surface area contributed by atoms with Crippen LogP contribution < -0.4 is 20.9 Å². The number of H-pyrrole nitrogens is 1.